The quantitative estimate of drug-likeness (QED) is 0.441. The fourth-order valence-electron chi connectivity index (χ4n) is 5.77. The molecular formula is C27H27N5O4. The first-order valence-corrected chi connectivity index (χ1v) is 12.3. The molecule has 3 aliphatic rings. The molecule has 1 N–H and O–H groups in total. The van der Waals surface area contributed by atoms with Gasteiger partial charge < -0.3 is 4.90 Å². The van der Waals surface area contributed by atoms with Gasteiger partial charge in [-0.25, -0.2) is 0 Å². The summed E-state index contributed by atoms with van der Waals surface area (Å²) in [5.74, 6) is -0.932. The largest absolute Gasteiger partial charge is 0.345 e. The van der Waals surface area contributed by atoms with Gasteiger partial charge in [0.2, 0.25) is 18.2 Å². The summed E-state index contributed by atoms with van der Waals surface area (Å²) in [5, 5.41) is 8.86. The van der Waals surface area contributed by atoms with Gasteiger partial charge in [-0.1, -0.05) is 18.2 Å². The first-order valence-electron chi connectivity index (χ1n) is 12.3. The van der Waals surface area contributed by atoms with E-state index in [4.69, 9.17) is 0 Å². The second kappa shape index (κ2) is 8.29. The highest BCUT2D eigenvalue weighted by atomic mass is 16.2. The minimum absolute atomic E-state index is 0.130. The lowest BCUT2D eigenvalue weighted by atomic mass is 9.90. The van der Waals surface area contributed by atoms with Crippen molar-refractivity contribution >= 4 is 40.6 Å². The topological polar surface area (TPSA) is 105 Å². The number of hydrogen-bond acceptors (Lipinski definition) is 5. The Labute approximate surface area is 208 Å². The molecule has 2 aromatic carbocycles. The summed E-state index contributed by atoms with van der Waals surface area (Å²) in [5.41, 5.74) is 3.32. The van der Waals surface area contributed by atoms with Gasteiger partial charge in [-0.15, -0.1) is 0 Å². The van der Waals surface area contributed by atoms with Crippen molar-refractivity contribution in [2.45, 2.75) is 50.6 Å². The van der Waals surface area contributed by atoms with Crippen molar-refractivity contribution in [3.05, 3.63) is 59.4 Å². The van der Waals surface area contributed by atoms with Crippen molar-refractivity contribution in [2.75, 3.05) is 18.0 Å². The number of amides is 4. The Kier molecular flexibility index (Phi) is 5.17. The van der Waals surface area contributed by atoms with Crippen LogP contribution in [0.5, 0.6) is 0 Å². The van der Waals surface area contributed by atoms with Crippen molar-refractivity contribution in [3.63, 3.8) is 0 Å². The van der Waals surface area contributed by atoms with Crippen LogP contribution >= 0.6 is 0 Å². The predicted molar refractivity (Wildman–Crippen MR) is 132 cm³/mol. The number of anilines is 1. The molecule has 1 unspecified atom stereocenters. The Hall–Kier alpha value is -4.01. The number of nitrogens with one attached hydrogen (secondary N) is 1. The molecule has 2 fully saturated rings. The average Bonchev–Trinajstić information content (AvgIpc) is 3.46. The highest BCUT2D eigenvalue weighted by Crippen LogP contribution is 2.41. The summed E-state index contributed by atoms with van der Waals surface area (Å²) in [6.07, 6.45) is 7.78. The molecule has 0 spiro atoms. The molecule has 0 saturated carbocycles. The van der Waals surface area contributed by atoms with E-state index in [1.165, 1.54) is 0 Å². The summed E-state index contributed by atoms with van der Waals surface area (Å²) in [6.45, 7) is 3.63. The number of rotatable bonds is 5. The van der Waals surface area contributed by atoms with E-state index in [9.17, 15) is 19.2 Å². The minimum Gasteiger partial charge on any atom is -0.345 e. The highest BCUT2D eigenvalue weighted by molar-refractivity contribution is 6.27. The van der Waals surface area contributed by atoms with Crippen LogP contribution in [0.25, 0.3) is 10.8 Å². The Morgan fingerprint density at radius 1 is 1.14 bits per heavy atom. The van der Waals surface area contributed by atoms with E-state index >= 15 is 0 Å². The lowest BCUT2D eigenvalue weighted by Crippen LogP contribution is -2.53. The van der Waals surface area contributed by atoms with Crippen molar-refractivity contribution in [3.8, 4) is 0 Å². The molecule has 0 aliphatic carbocycles. The fraction of sp³-hybridized carbons (Fsp3) is 0.370. The van der Waals surface area contributed by atoms with Crippen LogP contribution in [0.2, 0.25) is 0 Å². The van der Waals surface area contributed by atoms with E-state index in [0.717, 1.165) is 54.2 Å². The predicted octanol–water partition coefficient (Wildman–Crippen LogP) is 2.36. The Bertz CT molecular complexity index is 1420. The summed E-state index contributed by atoms with van der Waals surface area (Å²) in [4.78, 5) is 52.0. The second-order valence-electron chi connectivity index (χ2n) is 10.2. The number of likely N-dealkylation sites (tertiary alicyclic amines) is 1. The van der Waals surface area contributed by atoms with Crippen LogP contribution in [0.4, 0.5) is 5.69 Å². The molecule has 3 aromatic rings. The molecular weight excluding hydrogens is 458 g/mol. The Morgan fingerprint density at radius 3 is 2.69 bits per heavy atom. The lowest BCUT2D eigenvalue weighted by Gasteiger charge is -2.38. The van der Waals surface area contributed by atoms with Gasteiger partial charge in [0.25, 0.3) is 5.91 Å². The zero-order valence-corrected chi connectivity index (χ0v) is 20.1. The smallest absolute Gasteiger partial charge is 0.259 e. The molecule has 36 heavy (non-hydrogen) atoms. The van der Waals surface area contributed by atoms with E-state index in [1.807, 2.05) is 35.1 Å². The van der Waals surface area contributed by atoms with Gasteiger partial charge in [0.15, 0.2) is 0 Å². The number of carbonyl (C=O) groups is 4. The molecule has 4 heterocycles. The van der Waals surface area contributed by atoms with Crippen molar-refractivity contribution in [1.29, 1.82) is 0 Å². The number of aromatic nitrogens is 2. The van der Waals surface area contributed by atoms with Gasteiger partial charge in [-0.2, -0.15) is 5.10 Å². The second-order valence-corrected chi connectivity index (χ2v) is 10.2. The lowest BCUT2D eigenvalue weighted by molar-refractivity contribution is -0.134. The average molecular weight is 486 g/mol. The first-order chi connectivity index (χ1) is 17.4. The van der Waals surface area contributed by atoms with Crippen LogP contribution in [0, 0.1) is 0 Å². The maximum Gasteiger partial charge on any atom is 0.259 e. The van der Waals surface area contributed by atoms with E-state index in [0.29, 0.717) is 24.1 Å². The number of imide groups is 1. The van der Waals surface area contributed by atoms with E-state index < -0.39 is 11.9 Å². The molecule has 4 amide bonds. The molecule has 9 nitrogen and oxygen atoms in total. The number of piperidine rings is 2. The molecule has 1 aromatic heterocycles. The molecule has 0 radical (unpaired) electrons. The van der Waals surface area contributed by atoms with Crippen LogP contribution < -0.4 is 10.2 Å². The van der Waals surface area contributed by atoms with Crippen molar-refractivity contribution in [1.82, 2.24) is 20.0 Å². The van der Waals surface area contributed by atoms with Crippen molar-refractivity contribution in [2.24, 2.45) is 0 Å². The normalized spacial score (nSPS) is 21.2. The third-order valence-corrected chi connectivity index (χ3v) is 7.95. The van der Waals surface area contributed by atoms with Crippen LogP contribution in [0.15, 0.2) is 42.7 Å². The van der Waals surface area contributed by atoms with Crippen LogP contribution in [-0.2, 0) is 26.3 Å². The summed E-state index contributed by atoms with van der Waals surface area (Å²) < 4.78 is 2.03. The van der Waals surface area contributed by atoms with Gasteiger partial charge in [0.1, 0.15) is 6.04 Å². The van der Waals surface area contributed by atoms with Crippen LogP contribution in [0.3, 0.4) is 0 Å². The zero-order chi connectivity index (χ0) is 25.0. The summed E-state index contributed by atoms with van der Waals surface area (Å²) >= 11 is 0. The number of nitrogens with zero attached hydrogens (tertiary/aromatic N) is 4. The standard InChI is InChI=1S/C27H27N5O4/c1-27(9-11-30(16-33)12-10-27)31-15-17(14-28-31)13-18-5-6-21-24-19(18)3-2-4-20(24)26(36)32(21)22-7-8-23(34)29-25(22)35/h2-6,14-16,22H,7-13H2,1H3,(H,29,34,35). The zero-order valence-electron chi connectivity index (χ0n) is 20.1. The van der Waals surface area contributed by atoms with E-state index in [1.54, 1.807) is 15.9 Å². The third kappa shape index (κ3) is 3.49. The minimum atomic E-state index is -0.693. The molecule has 9 heteroatoms. The van der Waals surface area contributed by atoms with Gasteiger partial charge in [-0.05, 0) is 54.8 Å². The maximum atomic E-state index is 13.4. The van der Waals surface area contributed by atoms with Crippen LogP contribution in [-0.4, -0.2) is 57.9 Å². The fourth-order valence-corrected chi connectivity index (χ4v) is 5.77. The number of benzene rings is 2. The Balaban J connectivity index is 1.30. The first kappa shape index (κ1) is 22.5. The molecule has 0 bridgehead atoms. The number of hydrogen-bond donors (Lipinski definition) is 1. The number of carbonyl (C=O) groups excluding carboxylic acids is 4. The monoisotopic (exact) mass is 485 g/mol. The summed E-state index contributed by atoms with van der Waals surface area (Å²) in [6, 6.07) is 8.93. The molecule has 3 aliphatic heterocycles. The molecule has 1 atom stereocenters. The maximum absolute atomic E-state index is 13.4. The molecule has 6 rings (SSSR count). The molecule has 2 saturated heterocycles. The van der Waals surface area contributed by atoms with Crippen molar-refractivity contribution < 1.29 is 19.2 Å². The SMILES string of the molecule is CC1(n2cc(Cc3ccc4c5c(cccc35)C(=O)N4C3CCC(=O)NC3=O)cn2)CCN(C=O)CC1. The third-order valence-electron chi connectivity index (χ3n) is 7.95. The van der Waals surface area contributed by atoms with E-state index in [2.05, 4.69) is 23.5 Å². The van der Waals surface area contributed by atoms with Crippen LogP contribution in [0.1, 0.15) is 54.1 Å². The molecule has 184 valence electrons. The van der Waals surface area contributed by atoms with Gasteiger partial charge in [0.05, 0.1) is 17.4 Å². The Morgan fingerprint density at radius 2 is 1.94 bits per heavy atom. The van der Waals surface area contributed by atoms with Gasteiger partial charge >= 0.3 is 0 Å². The van der Waals surface area contributed by atoms with Gasteiger partial charge in [-0.3, -0.25) is 34.1 Å². The van der Waals surface area contributed by atoms with E-state index in [-0.39, 0.29) is 23.8 Å². The summed E-state index contributed by atoms with van der Waals surface area (Å²) in [7, 11) is 0. The highest BCUT2D eigenvalue weighted by Gasteiger charge is 2.41. The van der Waals surface area contributed by atoms with Gasteiger partial charge in [0, 0.05) is 43.1 Å².